The first kappa shape index (κ1) is 18.6. The molecule has 2 aromatic carbocycles. The van der Waals surface area contributed by atoms with Crippen LogP contribution >= 0.6 is 0 Å². The number of carbonyl (C=O) groups excluding carboxylic acids is 1. The van der Waals surface area contributed by atoms with Crippen LogP contribution in [-0.4, -0.2) is 20.1 Å². The quantitative estimate of drug-likeness (QED) is 0.765. The molecule has 0 heterocycles. The minimum absolute atomic E-state index is 0.0422. The molecule has 1 amide bonds. The van der Waals surface area contributed by atoms with Crippen molar-refractivity contribution in [3.63, 3.8) is 0 Å². The molecule has 0 aromatic heterocycles. The van der Waals surface area contributed by atoms with Gasteiger partial charge in [-0.3, -0.25) is 4.79 Å². The van der Waals surface area contributed by atoms with E-state index in [1.807, 2.05) is 43.3 Å². The van der Waals surface area contributed by atoms with E-state index in [9.17, 15) is 4.79 Å². The molecule has 132 valence electrons. The van der Waals surface area contributed by atoms with Gasteiger partial charge in [-0.05, 0) is 42.7 Å². The standard InChI is InChI=1S/C21H25NO3/c1-5-18(17-10-12-19(24-3)15(2)14-17)22-21(23)13-11-16-8-6-7-9-20(16)25-4/h6-14,18H,5H2,1-4H3,(H,22,23)/b13-11+/t18-/m0/s1. The second-order valence-corrected chi connectivity index (χ2v) is 5.77. The molecule has 4 heteroatoms. The first-order chi connectivity index (χ1) is 12.1. The first-order valence-electron chi connectivity index (χ1n) is 8.35. The first-order valence-corrected chi connectivity index (χ1v) is 8.35. The molecule has 0 bridgehead atoms. The molecule has 0 aliphatic carbocycles. The van der Waals surface area contributed by atoms with Gasteiger partial charge in [0.2, 0.25) is 5.91 Å². The molecule has 0 aliphatic heterocycles. The molecule has 0 aliphatic rings. The summed E-state index contributed by atoms with van der Waals surface area (Å²) in [4.78, 5) is 12.3. The van der Waals surface area contributed by atoms with Gasteiger partial charge in [-0.25, -0.2) is 0 Å². The fraction of sp³-hybridized carbons (Fsp3) is 0.286. The van der Waals surface area contributed by atoms with Gasteiger partial charge in [0.25, 0.3) is 0 Å². The highest BCUT2D eigenvalue weighted by Crippen LogP contribution is 2.24. The summed E-state index contributed by atoms with van der Waals surface area (Å²) in [5.41, 5.74) is 2.99. The van der Waals surface area contributed by atoms with Gasteiger partial charge in [-0.2, -0.15) is 0 Å². The zero-order chi connectivity index (χ0) is 18.2. The molecule has 0 saturated carbocycles. The Bertz CT molecular complexity index is 753. The lowest BCUT2D eigenvalue weighted by Crippen LogP contribution is -2.26. The van der Waals surface area contributed by atoms with Crippen molar-refractivity contribution in [3.8, 4) is 11.5 Å². The summed E-state index contributed by atoms with van der Waals surface area (Å²) >= 11 is 0. The third kappa shape index (κ3) is 4.86. The lowest BCUT2D eigenvalue weighted by Gasteiger charge is -2.18. The largest absolute Gasteiger partial charge is 0.496 e. The van der Waals surface area contributed by atoms with Crippen molar-refractivity contribution in [3.05, 3.63) is 65.2 Å². The molecule has 1 N–H and O–H groups in total. The van der Waals surface area contributed by atoms with Gasteiger partial charge in [-0.1, -0.05) is 37.3 Å². The maximum absolute atomic E-state index is 12.3. The Labute approximate surface area is 149 Å². The van der Waals surface area contributed by atoms with Crippen molar-refractivity contribution >= 4 is 12.0 Å². The van der Waals surface area contributed by atoms with Crippen LogP contribution in [0.4, 0.5) is 0 Å². The molecular formula is C21H25NO3. The monoisotopic (exact) mass is 339 g/mol. The minimum atomic E-state index is -0.133. The number of benzene rings is 2. The molecular weight excluding hydrogens is 314 g/mol. The van der Waals surface area contributed by atoms with Gasteiger partial charge < -0.3 is 14.8 Å². The van der Waals surface area contributed by atoms with Gasteiger partial charge in [0, 0.05) is 11.6 Å². The van der Waals surface area contributed by atoms with E-state index in [0.29, 0.717) is 0 Å². The van der Waals surface area contributed by atoms with E-state index in [-0.39, 0.29) is 11.9 Å². The number of hydrogen-bond donors (Lipinski definition) is 1. The van der Waals surface area contributed by atoms with Crippen LogP contribution in [0.25, 0.3) is 6.08 Å². The van der Waals surface area contributed by atoms with E-state index in [1.165, 1.54) is 6.08 Å². The Morgan fingerprint density at radius 1 is 1.12 bits per heavy atom. The summed E-state index contributed by atoms with van der Waals surface area (Å²) in [5, 5.41) is 3.05. The zero-order valence-electron chi connectivity index (χ0n) is 15.2. The number of hydrogen-bond acceptors (Lipinski definition) is 3. The van der Waals surface area contributed by atoms with Crippen LogP contribution in [0.2, 0.25) is 0 Å². The molecule has 25 heavy (non-hydrogen) atoms. The second kappa shape index (κ2) is 8.92. The topological polar surface area (TPSA) is 47.6 Å². The molecule has 1 atom stereocenters. The predicted octanol–water partition coefficient (Wildman–Crippen LogP) is 4.29. The van der Waals surface area contributed by atoms with Crippen molar-refractivity contribution in [2.24, 2.45) is 0 Å². The Balaban J connectivity index is 2.09. The molecule has 2 rings (SSSR count). The lowest BCUT2D eigenvalue weighted by molar-refractivity contribution is -0.117. The van der Waals surface area contributed by atoms with Crippen LogP contribution < -0.4 is 14.8 Å². The van der Waals surface area contributed by atoms with Crippen molar-refractivity contribution in [2.75, 3.05) is 14.2 Å². The minimum Gasteiger partial charge on any atom is -0.496 e. The summed E-state index contributed by atoms with van der Waals surface area (Å²) in [6, 6.07) is 13.5. The Hall–Kier alpha value is -2.75. The van der Waals surface area contributed by atoms with E-state index in [4.69, 9.17) is 9.47 Å². The van der Waals surface area contributed by atoms with Crippen LogP contribution in [0.3, 0.4) is 0 Å². The van der Waals surface area contributed by atoms with Crippen LogP contribution in [-0.2, 0) is 4.79 Å². The number of para-hydroxylation sites is 1. The van der Waals surface area contributed by atoms with Crippen LogP contribution in [0.15, 0.2) is 48.5 Å². The average Bonchev–Trinajstić information content (AvgIpc) is 2.64. The number of rotatable bonds is 7. The van der Waals surface area contributed by atoms with Crippen molar-refractivity contribution < 1.29 is 14.3 Å². The van der Waals surface area contributed by atoms with Crippen LogP contribution in [0.5, 0.6) is 11.5 Å². The van der Waals surface area contributed by atoms with Crippen molar-refractivity contribution in [1.82, 2.24) is 5.32 Å². The van der Waals surface area contributed by atoms with Crippen LogP contribution in [0.1, 0.15) is 36.1 Å². The summed E-state index contributed by atoms with van der Waals surface area (Å²) < 4.78 is 10.6. The lowest BCUT2D eigenvalue weighted by atomic mass is 10.0. The molecule has 0 radical (unpaired) electrons. The predicted molar refractivity (Wildman–Crippen MR) is 101 cm³/mol. The zero-order valence-corrected chi connectivity index (χ0v) is 15.2. The number of aryl methyl sites for hydroxylation is 1. The van der Waals surface area contributed by atoms with Crippen molar-refractivity contribution in [2.45, 2.75) is 26.3 Å². The maximum Gasteiger partial charge on any atom is 0.244 e. The van der Waals surface area contributed by atoms with E-state index >= 15 is 0 Å². The number of carbonyl (C=O) groups is 1. The van der Waals surface area contributed by atoms with Crippen LogP contribution in [0, 0.1) is 6.92 Å². The number of nitrogens with one attached hydrogen (secondary N) is 1. The van der Waals surface area contributed by atoms with Gasteiger partial charge >= 0.3 is 0 Å². The van der Waals surface area contributed by atoms with E-state index in [0.717, 1.165) is 34.6 Å². The number of ether oxygens (including phenoxy) is 2. The molecule has 0 spiro atoms. The van der Waals surface area contributed by atoms with Gasteiger partial charge in [-0.15, -0.1) is 0 Å². The third-order valence-corrected chi connectivity index (χ3v) is 4.10. The number of amides is 1. The molecule has 0 unspecified atom stereocenters. The van der Waals surface area contributed by atoms with Gasteiger partial charge in [0.05, 0.1) is 20.3 Å². The average molecular weight is 339 g/mol. The SMILES string of the molecule is CC[C@H](NC(=O)/C=C/c1ccccc1OC)c1ccc(OC)c(C)c1. The molecule has 0 fully saturated rings. The fourth-order valence-electron chi connectivity index (χ4n) is 2.73. The normalized spacial score (nSPS) is 12.0. The Kier molecular flexibility index (Phi) is 6.63. The van der Waals surface area contributed by atoms with Crippen molar-refractivity contribution in [1.29, 1.82) is 0 Å². The summed E-state index contributed by atoms with van der Waals surface area (Å²) in [7, 11) is 3.27. The number of methoxy groups -OCH3 is 2. The summed E-state index contributed by atoms with van der Waals surface area (Å²) in [6.07, 6.45) is 4.11. The maximum atomic E-state index is 12.3. The highest BCUT2D eigenvalue weighted by molar-refractivity contribution is 5.92. The molecule has 2 aromatic rings. The third-order valence-electron chi connectivity index (χ3n) is 4.10. The summed E-state index contributed by atoms with van der Waals surface area (Å²) in [6.45, 7) is 4.05. The second-order valence-electron chi connectivity index (χ2n) is 5.77. The van der Waals surface area contributed by atoms with E-state index in [1.54, 1.807) is 20.3 Å². The van der Waals surface area contributed by atoms with E-state index < -0.39 is 0 Å². The van der Waals surface area contributed by atoms with E-state index in [2.05, 4.69) is 18.3 Å². The van der Waals surface area contributed by atoms with Gasteiger partial charge in [0.1, 0.15) is 11.5 Å². The van der Waals surface area contributed by atoms with Gasteiger partial charge in [0.15, 0.2) is 0 Å². The molecule has 4 nitrogen and oxygen atoms in total. The fourth-order valence-corrected chi connectivity index (χ4v) is 2.73. The highest BCUT2D eigenvalue weighted by Gasteiger charge is 2.12. The smallest absolute Gasteiger partial charge is 0.244 e. The Morgan fingerprint density at radius 2 is 1.84 bits per heavy atom. The Morgan fingerprint density at radius 3 is 2.48 bits per heavy atom. The molecule has 0 saturated heterocycles. The highest BCUT2D eigenvalue weighted by atomic mass is 16.5. The summed E-state index contributed by atoms with van der Waals surface area (Å²) in [5.74, 6) is 1.46.